The van der Waals surface area contributed by atoms with Gasteiger partial charge in [0.1, 0.15) is 0 Å². The highest BCUT2D eigenvalue weighted by Gasteiger charge is 2.37. The lowest BCUT2D eigenvalue weighted by molar-refractivity contribution is 0.211. The zero-order chi connectivity index (χ0) is 13.3. The Bertz CT molecular complexity index is 375. The van der Waals surface area contributed by atoms with Crippen LogP contribution in [-0.2, 0) is 10.2 Å². The quantitative estimate of drug-likeness (QED) is 0.816. The molecular weight excluding hydrogens is 250 g/mol. The number of nitrogens with one attached hydrogen (secondary N) is 1. The van der Waals surface area contributed by atoms with Crippen molar-refractivity contribution in [1.82, 2.24) is 13.9 Å². The molecule has 0 bridgehead atoms. The predicted molar refractivity (Wildman–Crippen MR) is 72.5 cm³/mol. The fraction of sp³-hybridized carbons (Fsp3) is 1.00. The van der Waals surface area contributed by atoms with Crippen molar-refractivity contribution < 1.29 is 8.42 Å². The van der Waals surface area contributed by atoms with Crippen molar-refractivity contribution in [2.75, 3.05) is 33.2 Å². The third kappa shape index (κ3) is 2.87. The Morgan fingerprint density at radius 1 is 1.06 bits per heavy atom. The average molecular weight is 275 g/mol. The van der Waals surface area contributed by atoms with E-state index in [-0.39, 0.29) is 0 Å². The fourth-order valence-corrected chi connectivity index (χ4v) is 5.05. The molecule has 0 saturated carbocycles. The predicted octanol–water partition coefficient (Wildman–Crippen LogP) is 0.503. The lowest BCUT2D eigenvalue weighted by Gasteiger charge is -2.36. The van der Waals surface area contributed by atoms with Crippen molar-refractivity contribution in [3.05, 3.63) is 0 Å². The molecule has 6 heteroatoms. The summed E-state index contributed by atoms with van der Waals surface area (Å²) in [5, 5.41) is 3.16. The molecular formula is C12H25N3O2S. The van der Waals surface area contributed by atoms with Gasteiger partial charge >= 0.3 is 0 Å². The van der Waals surface area contributed by atoms with Crippen molar-refractivity contribution >= 4 is 10.2 Å². The molecule has 18 heavy (non-hydrogen) atoms. The highest BCUT2D eigenvalue weighted by molar-refractivity contribution is 7.86. The van der Waals surface area contributed by atoms with Crippen LogP contribution in [0.15, 0.2) is 0 Å². The van der Waals surface area contributed by atoms with E-state index >= 15 is 0 Å². The van der Waals surface area contributed by atoms with Gasteiger partial charge in [0.15, 0.2) is 0 Å². The Hall–Kier alpha value is -0.170. The fourth-order valence-electron chi connectivity index (χ4n) is 3.13. The van der Waals surface area contributed by atoms with E-state index in [1.807, 2.05) is 7.05 Å². The molecule has 2 aliphatic heterocycles. The van der Waals surface area contributed by atoms with Gasteiger partial charge in [0.2, 0.25) is 0 Å². The third-order valence-electron chi connectivity index (χ3n) is 4.05. The Kier molecular flexibility index (Phi) is 4.31. The summed E-state index contributed by atoms with van der Waals surface area (Å²) in [5.41, 5.74) is 0. The first-order chi connectivity index (χ1) is 8.43. The maximum atomic E-state index is 12.6. The van der Waals surface area contributed by atoms with Crippen LogP contribution in [0, 0.1) is 11.8 Å². The molecule has 2 rings (SSSR count). The van der Waals surface area contributed by atoms with E-state index in [2.05, 4.69) is 19.2 Å². The number of hydrogen-bond acceptors (Lipinski definition) is 3. The Morgan fingerprint density at radius 2 is 1.67 bits per heavy atom. The van der Waals surface area contributed by atoms with Crippen LogP contribution in [-0.4, -0.2) is 56.3 Å². The maximum absolute atomic E-state index is 12.6. The molecule has 0 spiro atoms. The lowest BCUT2D eigenvalue weighted by atomic mass is 9.94. The first-order valence-corrected chi connectivity index (χ1v) is 8.25. The van der Waals surface area contributed by atoms with Crippen LogP contribution < -0.4 is 5.32 Å². The second kappa shape index (κ2) is 5.45. The van der Waals surface area contributed by atoms with E-state index in [0.29, 0.717) is 44.1 Å². The number of hydrogen-bond donors (Lipinski definition) is 1. The average Bonchev–Trinajstić information content (AvgIpc) is 2.76. The molecule has 3 unspecified atom stereocenters. The zero-order valence-electron chi connectivity index (χ0n) is 11.6. The smallest absolute Gasteiger partial charge is 0.282 e. The maximum Gasteiger partial charge on any atom is 0.282 e. The van der Waals surface area contributed by atoms with E-state index in [9.17, 15) is 8.42 Å². The van der Waals surface area contributed by atoms with E-state index < -0.39 is 10.2 Å². The molecule has 5 nitrogen and oxygen atoms in total. The number of piperidine rings is 1. The molecule has 2 saturated heterocycles. The zero-order valence-corrected chi connectivity index (χ0v) is 12.4. The summed E-state index contributed by atoms with van der Waals surface area (Å²) in [7, 11) is -1.35. The molecule has 2 aliphatic rings. The lowest BCUT2D eigenvalue weighted by Crippen LogP contribution is -2.49. The van der Waals surface area contributed by atoms with Crippen LogP contribution in [0.1, 0.15) is 26.7 Å². The first kappa shape index (κ1) is 14.2. The summed E-state index contributed by atoms with van der Waals surface area (Å²) in [5.74, 6) is 0.928. The minimum Gasteiger partial charge on any atom is -0.316 e. The highest BCUT2D eigenvalue weighted by atomic mass is 32.2. The van der Waals surface area contributed by atoms with Crippen molar-refractivity contribution in [2.24, 2.45) is 11.8 Å². The van der Waals surface area contributed by atoms with Crippen molar-refractivity contribution in [3.63, 3.8) is 0 Å². The Morgan fingerprint density at radius 3 is 2.17 bits per heavy atom. The van der Waals surface area contributed by atoms with Gasteiger partial charge in [-0.05, 0) is 31.7 Å². The Labute approximate surface area is 111 Å². The number of nitrogens with zero attached hydrogens (tertiary/aromatic N) is 2. The topological polar surface area (TPSA) is 52.7 Å². The summed E-state index contributed by atoms with van der Waals surface area (Å²) >= 11 is 0. The normalized spacial score (nSPS) is 36.1. The van der Waals surface area contributed by atoms with Crippen LogP contribution >= 0.6 is 0 Å². The van der Waals surface area contributed by atoms with Crippen LogP contribution in [0.25, 0.3) is 0 Å². The Balaban J connectivity index is 2.06. The van der Waals surface area contributed by atoms with Crippen molar-refractivity contribution in [1.29, 1.82) is 0 Å². The molecule has 0 aromatic heterocycles. The second-order valence-electron chi connectivity index (χ2n) is 5.90. The first-order valence-electron chi connectivity index (χ1n) is 6.86. The number of rotatable bonds is 3. The van der Waals surface area contributed by atoms with Gasteiger partial charge in [-0.3, -0.25) is 0 Å². The van der Waals surface area contributed by atoms with Crippen LogP contribution in [0.2, 0.25) is 0 Å². The molecule has 1 N–H and O–H groups in total. The van der Waals surface area contributed by atoms with E-state index in [0.717, 1.165) is 12.8 Å². The van der Waals surface area contributed by atoms with E-state index in [4.69, 9.17) is 0 Å². The van der Waals surface area contributed by atoms with Crippen LogP contribution in [0.4, 0.5) is 0 Å². The molecule has 0 aromatic rings. The summed E-state index contributed by atoms with van der Waals surface area (Å²) < 4.78 is 28.5. The standard InChI is InChI=1S/C12H25N3O2S/c1-10-6-11(2)8-15(7-10)18(16,17)14-5-4-12(9-14)13-3/h10-13H,4-9H2,1-3H3. The summed E-state index contributed by atoms with van der Waals surface area (Å²) in [6.45, 7) is 6.88. The molecule has 106 valence electrons. The third-order valence-corrected chi connectivity index (χ3v) is 5.98. The molecule has 0 aliphatic carbocycles. The number of likely N-dealkylation sites (N-methyl/N-ethyl adjacent to an activating group) is 1. The monoisotopic (exact) mass is 275 g/mol. The van der Waals surface area contributed by atoms with E-state index in [1.54, 1.807) is 8.61 Å². The van der Waals surface area contributed by atoms with Crippen LogP contribution in [0.3, 0.4) is 0 Å². The van der Waals surface area contributed by atoms with Gasteiger partial charge < -0.3 is 5.32 Å². The molecule has 2 fully saturated rings. The van der Waals surface area contributed by atoms with Gasteiger partial charge in [0.25, 0.3) is 10.2 Å². The summed E-state index contributed by atoms with van der Waals surface area (Å²) in [6.07, 6.45) is 2.04. The van der Waals surface area contributed by atoms with Gasteiger partial charge in [0, 0.05) is 32.2 Å². The van der Waals surface area contributed by atoms with Crippen LogP contribution in [0.5, 0.6) is 0 Å². The van der Waals surface area contributed by atoms with Gasteiger partial charge in [-0.1, -0.05) is 13.8 Å². The molecule has 3 atom stereocenters. The molecule has 0 radical (unpaired) electrons. The largest absolute Gasteiger partial charge is 0.316 e. The van der Waals surface area contributed by atoms with Crippen molar-refractivity contribution in [3.8, 4) is 0 Å². The minimum absolute atomic E-state index is 0.305. The van der Waals surface area contributed by atoms with Gasteiger partial charge in [-0.15, -0.1) is 0 Å². The van der Waals surface area contributed by atoms with Gasteiger partial charge in [0.05, 0.1) is 0 Å². The second-order valence-corrected chi connectivity index (χ2v) is 7.83. The SMILES string of the molecule is CNC1CCN(S(=O)(=O)N2CC(C)CC(C)C2)C1. The molecule has 0 amide bonds. The van der Waals surface area contributed by atoms with Gasteiger partial charge in [-0.25, -0.2) is 0 Å². The highest BCUT2D eigenvalue weighted by Crippen LogP contribution is 2.26. The van der Waals surface area contributed by atoms with E-state index in [1.165, 1.54) is 0 Å². The van der Waals surface area contributed by atoms with Gasteiger partial charge in [-0.2, -0.15) is 17.0 Å². The van der Waals surface area contributed by atoms with Crippen molar-refractivity contribution in [2.45, 2.75) is 32.7 Å². The molecule has 0 aromatic carbocycles. The molecule has 2 heterocycles. The summed E-state index contributed by atoms with van der Waals surface area (Å²) in [6, 6.07) is 0.305. The minimum atomic E-state index is -3.24. The summed E-state index contributed by atoms with van der Waals surface area (Å²) in [4.78, 5) is 0.